The number of hydrogen-bond donors (Lipinski definition) is 2. The number of anilines is 1. The molecule has 0 unspecified atom stereocenters. The largest absolute Gasteiger partial charge is 0.377 e. The predicted molar refractivity (Wildman–Crippen MR) is 72.8 cm³/mol. The molecule has 0 aliphatic rings. The van der Waals surface area contributed by atoms with Gasteiger partial charge in [-0.2, -0.15) is 4.83 Å². The van der Waals surface area contributed by atoms with Crippen molar-refractivity contribution < 1.29 is 8.42 Å². The van der Waals surface area contributed by atoms with Crippen molar-refractivity contribution in [2.75, 3.05) is 19.0 Å². The average molecular weight is 265 g/mol. The molecule has 0 atom stereocenters. The zero-order valence-corrected chi connectivity index (χ0v) is 11.0. The maximum Gasteiger partial charge on any atom is 0.253 e. The number of nitrogens with one attached hydrogen (secondary N) is 1. The van der Waals surface area contributed by atoms with Crippen LogP contribution >= 0.6 is 0 Å². The van der Waals surface area contributed by atoms with Crippen molar-refractivity contribution >= 4 is 26.5 Å². The third-order valence-electron chi connectivity index (χ3n) is 2.77. The maximum absolute atomic E-state index is 11.9. The molecule has 2 aromatic rings. The zero-order chi connectivity index (χ0) is 13.3. The van der Waals surface area contributed by atoms with Crippen molar-refractivity contribution in [1.29, 1.82) is 0 Å². The van der Waals surface area contributed by atoms with Crippen LogP contribution in [0.4, 0.5) is 5.69 Å². The predicted octanol–water partition coefficient (Wildman–Crippen LogP) is 1.06. The van der Waals surface area contributed by atoms with Gasteiger partial charge in [0.25, 0.3) is 10.0 Å². The number of nitrogens with zero attached hydrogens (tertiary/aromatic N) is 1. The normalized spacial score (nSPS) is 11.7. The van der Waals surface area contributed by atoms with Crippen LogP contribution in [0.5, 0.6) is 0 Å². The highest BCUT2D eigenvalue weighted by molar-refractivity contribution is 7.89. The van der Waals surface area contributed by atoms with Gasteiger partial charge in [-0.1, -0.05) is 24.3 Å². The van der Waals surface area contributed by atoms with Gasteiger partial charge in [0.1, 0.15) is 0 Å². The molecule has 0 saturated carbocycles. The van der Waals surface area contributed by atoms with Gasteiger partial charge < -0.3 is 4.90 Å². The van der Waals surface area contributed by atoms with Gasteiger partial charge in [0.15, 0.2) is 0 Å². The highest BCUT2D eigenvalue weighted by Gasteiger charge is 2.18. The third kappa shape index (κ3) is 2.05. The standard InChI is InChI=1S/C12H15N3O2S/c1-15(2)10-7-3-5-9-6-4-8-11(12(9)10)18(16,17)14-13/h3-8,14H,13H2,1-2H3. The molecule has 0 heterocycles. The molecule has 0 aliphatic heterocycles. The van der Waals surface area contributed by atoms with Crippen LogP contribution in [0.1, 0.15) is 0 Å². The Kier molecular flexibility index (Phi) is 3.25. The Morgan fingerprint density at radius 2 is 1.72 bits per heavy atom. The molecule has 5 nitrogen and oxygen atoms in total. The van der Waals surface area contributed by atoms with Gasteiger partial charge in [0.2, 0.25) is 0 Å². The first-order chi connectivity index (χ1) is 8.47. The molecule has 0 amide bonds. The van der Waals surface area contributed by atoms with Gasteiger partial charge in [-0.25, -0.2) is 8.42 Å². The molecule has 2 rings (SSSR count). The number of rotatable bonds is 3. The van der Waals surface area contributed by atoms with Crippen molar-refractivity contribution in [2.45, 2.75) is 4.90 Å². The second kappa shape index (κ2) is 4.56. The molecule has 0 fully saturated rings. The summed E-state index contributed by atoms with van der Waals surface area (Å²) in [5, 5.41) is 1.53. The van der Waals surface area contributed by atoms with Crippen LogP contribution in [0.15, 0.2) is 41.3 Å². The van der Waals surface area contributed by atoms with Gasteiger partial charge in [0, 0.05) is 25.2 Å². The summed E-state index contributed by atoms with van der Waals surface area (Å²) in [5.74, 6) is 5.10. The Balaban J connectivity index is 2.91. The molecule has 0 radical (unpaired) electrons. The number of benzene rings is 2. The summed E-state index contributed by atoms with van der Waals surface area (Å²) in [6.07, 6.45) is 0. The van der Waals surface area contributed by atoms with Gasteiger partial charge in [0.05, 0.1) is 4.90 Å². The summed E-state index contributed by atoms with van der Waals surface area (Å²) in [6.45, 7) is 0. The van der Waals surface area contributed by atoms with Gasteiger partial charge in [-0.05, 0) is 17.5 Å². The average Bonchev–Trinajstić information content (AvgIpc) is 2.37. The minimum atomic E-state index is -3.68. The molecule has 96 valence electrons. The van der Waals surface area contributed by atoms with E-state index in [4.69, 9.17) is 5.84 Å². The summed E-state index contributed by atoms with van der Waals surface area (Å²) < 4.78 is 23.9. The minimum Gasteiger partial charge on any atom is -0.377 e. The lowest BCUT2D eigenvalue weighted by atomic mass is 10.1. The Hall–Kier alpha value is -1.63. The number of nitrogens with two attached hydrogens (primary N) is 1. The number of fused-ring (bicyclic) bond motifs is 1. The van der Waals surface area contributed by atoms with E-state index in [0.717, 1.165) is 11.1 Å². The van der Waals surface area contributed by atoms with Crippen molar-refractivity contribution in [1.82, 2.24) is 4.83 Å². The van der Waals surface area contributed by atoms with Crippen LogP contribution in [0, 0.1) is 0 Å². The molecule has 0 spiro atoms. The van der Waals surface area contributed by atoms with E-state index in [-0.39, 0.29) is 4.90 Å². The van der Waals surface area contributed by atoms with E-state index in [0.29, 0.717) is 5.39 Å². The van der Waals surface area contributed by atoms with Gasteiger partial charge in [-0.3, -0.25) is 5.84 Å². The Morgan fingerprint density at radius 3 is 2.28 bits per heavy atom. The van der Waals surface area contributed by atoms with E-state index in [9.17, 15) is 8.42 Å². The monoisotopic (exact) mass is 265 g/mol. The minimum absolute atomic E-state index is 0.187. The molecule has 6 heteroatoms. The van der Waals surface area contributed by atoms with E-state index in [1.165, 1.54) is 0 Å². The molecule has 3 N–H and O–H groups in total. The van der Waals surface area contributed by atoms with Crippen LogP contribution in [-0.4, -0.2) is 22.5 Å². The van der Waals surface area contributed by atoms with Crippen LogP contribution in [0.2, 0.25) is 0 Å². The molecular weight excluding hydrogens is 250 g/mol. The lowest BCUT2D eigenvalue weighted by molar-refractivity contribution is 0.585. The molecule has 2 aromatic carbocycles. The van der Waals surface area contributed by atoms with Crippen molar-refractivity contribution in [2.24, 2.45) is 5.84 Å². The van der Waals surface area contributed by atoms with E-state index < -0.39 is 10.0 Å². The van der Waals surface area contributed by atoms with E-state index in [1.807, 2.05) is 48.1 Å². The smallest absolute Gasteiger partial charge is 0.253 e. The lowest BCUT2D eigenvalue weighted by Gasteiger charge is -2.17. The number of hydrazine groups is 1. The SMILES string of the molecule is CN(C)c1cccc2cccc(S(=O)(=O)NN)c12. The van der Waals surface area contributed by atoms with Crippen LogP contribution < -0.4 is 15.6 Å². The fraction of sp³-hybridized carbons (Fsp3) is 0.167. The van der Waals surface area contributed by atoms with Crippen LogP contribution in [-0.2, 0) is 10.0 Å². The summed E-state index contributed by atoms with van der Waals surface area (Å²) in [6, 6.07) is 10.8. The van der Waals surface area contributed by atoms with Crippen molar-refractivity contribution in [3.63, 3.8) is 0 Å². The third-order valence-corrected chi connectivity index (χ3v) is 4.00. The number of sulfonamides is 1. The first-order valence-electron chi connectivity index (χ1n) is 5.39. The lowest BCUT2D eigenvalue weighted by Crippen LogP contribution is -2.30. The molecular formula is C12H15N3O2S. The van der Waals surface area contributed by atoms with Crippen molar-refractivity contribution in [3.05, 3.63) is 36.4 Å². The van der Waals surface area contributed by atoms with Crippen LogP contribution in [0.25, 0.3) is 10.8 Å². The van der Waals surface area contributed by atoms with Crippen LogP contribution in [0.3, 0.4) is 0 Å². The second-order valence-corrected chi connectivity index (χ2v) is 5.83. The van der Waals surface area contributed by atoms with Crippen molar-refractivity contribution in [3.8, 4) is 0 Å². The first-order valence-corrected chi connectivity index (χ1v) is 6.87. The molecule has 0 bridgehead atoms. The zero-order valence-electron chi connectivity index (χ0n) is 10.2. The molecule has 18 heavy (non-hydrogen) atoms. The van der Waals surface area contributed by atoms with E-state index in [2.05, 4.69) is 0 Å². The Labute approximate surface area is 106 Å². The fourth-order valence-electron chi connectivity index (χ4n) is 1.95. The van der Waals surface area contributed by atoms with E-state index in [1.54, 1.807) is 12.1 Å². The topological polar surface area (TPSA) is 75.4 Å². The summed E-state index contributed by atoms with van der Waals surface area (Å²) >= 11 is 0. The highest BCUT2D eigenvalue weighted by atomic mass is 32.2. The van der Waals surface area contributed by atoms with E-state index >= 15 is 0 Å². The first kappa shape index (κ1) is 12.8. The second-order valence-electron chi connectivity index (χ2n) is 4.15. The summed E-state index contributed by atoms with van der Waals surface area (Å²) in [7, 11) is 0.0585. The summed E-state index contributed by atoms with van der Waals surface area (Å²) in [4.78, 5) is 3.93. The molecule has 0 aromatic heterocycles. The number of hydrogen-bond acceptors (Lipinski definition) is 4. The van der Waals surface area contributed by atoms with Gasteiger partial charge >= 0.3 is 0 Å². The quantitative estimate of drug-likeness (QED) is 0.642. The Bertz CT molecular complexity index is 676. The molecule has 0 aliphatic carbocycles. The van der Waals surface area contributed by atoms with Gasteiger partial charge in [-0.15, -0.1) is 0 Å². The summed E-state index contributed by atoms with van der Waals surface area (Å²) in [5.41, 5.74) is 0.835. The maximum atomic E-state index is 11.9. The fourth-order valence-corrected chi connectivity index (χ4v) is 2.82. The Morgan fingerprint density at radius 1 is 1.11 bits per heavy atom. The molecule has 0 saturated heterocycles. The highest BCUT2D eigenvalue weighted by Crippen LogP contribution is 2.31.